The third kappa shape index (κ3) is 4.55. The number of nitrogens with zero attached hydrogens (tertiary/aromatic N) is 1. The van der Waals surface area contributed by atoms with E-state index in [-0.39, 0.29) is 0 Å². The highest BCUT2D eigenvalue weighted by atomic mass is 32.1. The van der Waals surface area contributed by atoms with E-state index in [4.69, 9.17) is 4.42 Å². The van der Waals surface area contributed by atoms with Crippen molar-refractivity contribution in [2.45, 2.75) is 0 Å². The Kier molecular flexibility index (Phi) is 6.39. The monoisotopic (exact) mass is 643 g/mol. The van der Waals surface area contributed by atoms with Crippen molar-refractivity contribution in [3.05, 3.63) is 176 Å². The van der Waals surface area contributed by atoms with Gasteiger partial charge >= 0.3 is 0 Å². The Labute approximate surface area is 287 Å². The van der Waals surface area contributed by atoms with Crippen molar-refractivity contribution in [1.29, 1.82) is 0 Å². The Balaban J connectivity index is 1.25. The van der Waals surface area contributed by atoms with E-state index in [1.54, 1.807) is 0 Å². The fourth-order valence-electron chi connectivity index (χ4n) is 7.37. The molecule has 0 fully saturated rings. The first-order valence-electron chi connectivity index (χ1n) is 16.6. The van der Waals surface area contributed by atoms with E-state index in [1.807, 2.05) is 17.4 Å². The molecule has 49 heavy (non-hydrogen) atoms. The van der Waals surface area contributed by atoms with Crippen molar-refractivity contribution < 1.29 is 4.42 Å². The van der Waals surface area contributed by atoms with E-state index in [2.05, 4.69) is 175 Å². The van der Waals surface area contributed by atoms with Crippen molar-refractivity contribution in [3.63, 3.8) is 0 Å². The summed E-state index contributed by atoms with van der Waals surface area (Å²) in [6.07, 6.45) is 0. The molecule has 8 aromatic carbocycles. The van der Waals surface area contributed by atoms with Crippen LogP contribution < -0.4 is 4.90 Å². The van der Waals surface area contributed by atoms with Crippen molar-refractivity contribution in [2.75, 3.05) is 4.90 Å². The lowest BCUT2D eigenvalue weighted by atomic mass is 9.99. The number of thiophene rings is 1. The van der Waals surface area contributed by atoms with Gasteiger partial charge in [0.1, 0.15) is 11.2 Å². The number of rotatable bonds is 5. The molecule has 10 aromatic rings. The third-order valence-corrected chi connectivity index (χ3v) is 10.9. The van der Waals surface area contributed by atoms with Crippen LogP contribution in [0, 0.1) is 0 Å². The normalized spacial score (nSPS) is 11.7. The van der Waals surface area contributed by atoms with Crippen LogP contribution in [0.5, 0.6) is 0 Å². The summed E-state index contributed by atoms with van der Waals surface area (Å²) in [7, 11) is 0. The molecule has 0 N–H and O–H groups in total. The summed E-state index contributed by atoms with van der Waals surface area (Å²) in [5.41, 5.74) is 9.96. The van der Waals surface area contributed by atoms with E-state index in [0.717, 1.165) is 44.6 Å². The summed E-state index contributed by atoms with van der Waals surface area (Å²) >= 11 is 1.87. The van der Waals surface area contributed by atoms with Crippen LogP contribution in [0.2, 0.25) is 0 Å². The molecule has 0 unspecified atom stereocenters. The Bertz CT molecular complexity index is 2820. The zero-order chi connectivity index (χ0) is 32.3. The number of benzene rings is 8. The summed E-state index contributed by atoms with van der Waals surface area (Å²) in [5, 5.41) is 7.16. The van der Waals surface area contributed by atoms with E-state index >= 15 is 0 Å². The highest BCUT2D eigenvalue weighted by Crippen LogP contribution is 2.50. The Morgan fingerprint density at radius 1 is 0.429 bits per heavy atom. The molecule has 0 aliphatic rings. The standard InChI is InChI=1S/C46H29NOS/c1-3-12-30(13-4-1)33-22-24-37-39-29-34(23-27-42(39)48-43(37)28-33)47(40-20-11-17-31-16-7-8-18-35(31)40)41-26-25-36(32-14-5-2-6-15-32)46-45(41)38-19-9-10-21-44(38)49-46/h1-29H. The van der Waals surface area contributed by atoms with Gasteiger partial charge in [0.25, 0.3) is 0 Å². The zero-order valence-electron chi connectivity index (χ0n) is 26.5. The molecular formula is C46H29NOS. The maximum atomic E-state index is 6.49. The van der Waals surface area contributed by atoms with Crippen LogP contribution in [0.1, 0.15) is 0 Å². The highest BCUT2D eigenvalue weighted by Gasteiger charge is 2.23. The predicted molar refractivity (Wildman–Crippen MR) is 210 cm³/mol. The highest BCUT2D eigenvalue weighted by molar-refractivity contribution is 7.26. The molecule has 0 radical (unpaired) electrons. The topological polar surface area (TPSA) is 16.4 Å². The fraction of sp³-hybridized carbons (Fsp3) is 0. The summed E-state index contributed by atoms with van der Waals surface area (Å²) in [6.45, 7) is 0. The Hall–Kier alpha value is -6.16. The number of fused-ring (bicyclic) bond motifs is 7. The maximum absolute atomic E-state index is 6.49. The molecule has 0 spiro atoms. The van der Waals surface area contributed by atoms with E-state index < -0.39 is 0 Å². The second-order valence-electron chi connectivity index (χ2n) is 12.5. The summed E-state index contributed by atoms with van der Waals surface area (Å²) in [5.74, 6) is 0. The van der Waals surface area contributed by atoms with Crippen LogP contribution in [-0.2, 0) is 0 Å². The average molecular weight is 644 g/mol. The second-order valence-corrected chi connectivity index (χ2v) is 13.5. The van der Waals surface area contributed by atoms with Gasteiger partial charge in [-0.3, -0.25) is 0 Å². The lowest BCUT2D eigenvalue weighted by Gasteiger charge is -2.28. The van der Waals surface area contributed by atoms with Crippen LogP contribution in [0.25, 0.3) is 75.1 Å². The van der Waals surface area contributed by atoms with Gasteiger partial charge in [-0.15, -0.1) is 11.3 Å². The molecule has 2 heterocycles. The minimum absolute atomic E-state index is 0.882. The largest absolute Gasteiger partial charge is 0.456 e. The second kappa shape index (κ2) is 11.2. The Morgan fingerprint density at radius 2 is 1.16 bits per heavy atom. The molecule has 0 atom stereocenters. The van der Waals surface area contributed by atoms with E-state index in [1.165, 1.54) is 47.6 Å². The van der Waals surface area contributed by atoms with Gasteiger partial charge < -0.3 is 9.32 Å². The summed E-state index contributed by atoms with van der Waals surface area (Å²) in [4.78, 5) is 2.45. The Morgan fingerprint density at radius 3 is 2.02 bits per heavy atom. The minimum Gasteiger partial charge on any atom is -0.456 e. The van der Waals surface area contributed by atoms with Crippen LogP contribution in [0.4, 0.5) is 17.1 Å². The summed E-state index contributed by atoms with van der Waals surface area (Å²) < 4.78 is 9.07. The van der Waals surface area contributed by atoms with Gasteiger partial charge in [0.15, 0.2) is 0 Å². The number of hydrogen-bond donors (Lipinski definition) is 0. The molecule has 0 aliphatic carbocycles. The predicted octanol–water partition coefficient (Wildman–Crippen LogP) is 13.9. The first-order chi connectivity index (χ1) is 24.3. The van der Waals surface area contributed by atoms with Gasteiger partial charge in [-0.2, -0.15) is 0 Å². The first-order valence-corrected chi connectivity index (χ1v) is 17.4. The molecule has 0 aliphatic heterocycles. The summed E-state index contributed by atoms with van der Waals surface area (Å²) in [6, 6.07) is 63.2. The van der Waals surface area contributed by atoms with Gasteiger partial charge in [-0.05, 0) is 76.2 Å². The SMILES string of the molecule is c1ccc(-c2ccc3c(c2)oc2ccc(N(c4cccc5ccccc45)c4ccc(-c5ccccc5)c5sc6ccccc6c45)cc23)cc1. The maximum Gasteiger partial charge on any atom is 0.136 e. The third-order valence-electron chi connectivity index (χ3n) is 9.66. The minimum atomic E-state index is 0.882. The number of furan rings is 1. The van der Waals surface area contributed by atoms with Crippen LogP contribution in [0.3, 0.4) is 0 Å². The van der Waals surface area contributed by atoms with E-state index in [0.29, 0.717) is 0 Å². The molecule has 2 aromatic heterocycles. The molecule has 230 valence electrons. The van der Waals surface area contributed by atoms with Gasteiger partial charge in [0.2, 0.25) is 0 Å². The van der Waals surface area contributed by atoms with Gasteiger partial charge in [-0.25, -0.2) is 0 Å². The average Bonchev–Trinajstić information content (AvgIpc) is 3.74. The lowest BCUT2D eigenvalue weighted by molar-refractivity contribution is 0.669. The van der Waals surface area contributed by atoms with Gasteiger partial charge in [0.05, 0.1) is 11.4 Å². The van der Waals surface area contributed by atoms with Crippen molar-refractivity contribution in [2.24, 2.45) is 0 Å². The van der Waals surface area contributed by atoms with Crippen LogP contribution in [0.15, 0.2) is 180 Å². The van der Waals surface area contributed by atoms with Crippen molar-refractivity contribution >= 4 is 81.3 Å². The first kappa shape index (κ1) is 27.9. The van der Waals surface area contributed by atoms with Crippen molar-refractivity contribution in [3.8, 4) is 22.3 Å². The quantitative estimate of drug-likeness (QED) is 0.186. The molecule has 0 bridgehead atoms. The molecule has 10 rings (SSSR count). The molecule has 3 heteroatoms. The zero-order valence-corrected chi connectivity index (χ0v) is 27.3. The number of hydrogen-bond acceptors (Lipinski definition) is 3. The smallest absolute Gasteiger partial charge is 0.136 e. The van der Waals surface area contributed by atoms with Gasteiger partial charge in [-0.1, -0.05) is 127 Å². The van der Waals surface area contributed by atoms with Crippen molar-refractivity contribution in [1.82, 2.24) is 0 Å². The van der Waals surface area contributed by atoms with Crippen LogP contribution in [-0.4, -0.2) is 0 Å². The molecular weight excluding hydrogens is 615 g/mol. The number of anilines is 3. The van der Waals surface area contributed by atoms with Crippen LogP contribution >= 0.6 is 11.3 Å². The molecule has 2 nitrogen and oxygen atoms in total. The lowest BCUT2D eigenvalue weighted by Crippen LogP contribution is -2.11. The van der Waals surface area contributed by atoms with Gasteiger partial charge in [0, 0.05) is 42.0 Å². The molecule has 0 saturated heterocycles. The van der Waals surface area contributed by atoms with E-state index in [9.17, 15) is 0 Å². The molecule has 0 amide bonds. The molecule has 0 saturated carbocycles. The fourth-order valence-corrected chi connectivity index (χ4v) is 8.63.